The van der Waals surface area contributed by atoms with Crippen LogP contribution in [0.2, 0.25) is 5.02 Å². The number of rotatable bonds is 5. The lowest BCUT2D eigenvalue weighted by Gasteiger charge is -2.02. The number of hydrogen-bond acceptors (Lipinski definition) is 3. The second-order valence-corrected chi connectivity index (χ2v) is 6.66. The molecule has 0 saturated heterocycles. The predicted octanol–water partition coefficient (Wildman–Crippen LogP) is 4.25. The molecule has 0 radical (unpaired) electrons. The molecule has 0 aliphatic heterocycles. The Kier molecular flexibility index (Phi) is 5.80. The molecule has 1 N–H and O–H groups in total. The molecule has 3 aromatic rings. The molecule has 3 rings (SSSR count). The van der Waals surface area contributed by atoms with E-state index in [1.807, 2.05) is 12.1 Å². The normalized spacial score (nSPS) is 11.0. The van der Waals surface area contributed by atoms with E-state index in [4.69, 9.17) is 11.6 Å². The topological polar surface area (TPSA) is 59.3 Å². The number of halogens is 3. The minimum absolute atomic E-state index is 0.185. The molecule has 132 valence electrons. The highest BCUT2D eigenvalue weighted by Crippen LogP contribution is 2.17. The van der Waals surface area contributed by atoms with E-state index in [2.05, 4.69) is 31.6 Å². The third kappa shape index (κ3) is 4.56. The van der Waals surface area contributed by atoms with E-state index in [1.54, 1.807) is 41.2 Å². The van der Waals surface area contributed by atoms with Crippen LogP contribution in [0.1, 0.15) is 21.6 Å². The zero-order chi connectivity index (χ0) is 18.5. The van der Waals surface area contributed by atoms with Gasteiger partial charge in [-0.15, -0.1) is 0 Å². The van der Waals surface area contributed by atoms with Crippen molar-refractivity contribution in [2.24, 2.45) is 5.10 Å². The van der Waals surface area contributed by atoms with Crippen LogP contribution in [0.25, 0.3) is 0 Å². The number of nitrogens with one attached hydrogen (secondary N) is 1. The van der Waals surface area contributed by atoms with Crippen molar-refractivity contribution < 1.29 is 9.18 Å². The Morgan fingerprint density at radius 3 is 2.73 bits per heavy atom. The second kappa shape index (κ2) is 8.25. The van der Waals surface area contributed by atoms with E-state index in [-0.39, 0.29) is 11.3 Å². The molecule has 2 aromatic carbocycles. The zero-order valence-electron chi connectivity index (χ0n) is 13.4. The third-order valence-corrected chi connectivity index (χ3v) is 4.30. The highest BCUT2D eigenvalue weighted by molar-refractivity contribution is 9.10. The van der Waals surface area contributed by atoms with Crippen molar-refractivity contribution in [3.8, 4) is 0 Å². The molecule has 0 fully saturated rings. The molecule has 0 spiro atoms. The van der Waals surface area contributed by atoms with E-state index >= 15 is 0 Å². The maximum absolute atomic E-state index is 13.5. The smallest absolute Gasteiger partial charge is 0.266 e. The van der Waals surface area contributed by atoms with Gasteiger partial charge in [0.2, 0.25) is 0 Å². The molecule has 1 aromatic heterocycles. The van der Waals surface area contributed by atoms with Crippen LogP contribution in [0.5, 0.6) is 0 Å². The molecule has 0 saturated carbocycles. The van der Waals surface area contributed by atoms with E-state index in [1.165, 1.54) is 12.3 Å². The van der Waals surface area contributed by atoms with Gasteiger partial charge in [0.25, 0.3) is 5.91 Å². The van der Waals surface area contributed by atoms with Crippen LogP contribution in [0.4, 0.5) is 4.39 Å². The average molecular weight is 436 g/mol. The SMILES string of the molecule is O=C(N/N=C\c1ccccc1F)c1nn(Cc2ccc(Cl)cc2)cc1Br. The summed E-state index contributed by atoms with van der Waals surface area (Å²) >= 11 is 9.18. The summed E-state index contributed by atoms with van der Waals surface area (Å²) in [6.45, 7) is 0.488. The standard InChI is InChI=1S/C18H13BrClFN4O/c19-15-11-25(10-12-5-7-14(20)8-6-12)24-17(15)18(26)23-22-9-13-3-1-2-4-16(13)21/h1-9,11H,10H2,(H,23,26)/b22-9-. The first-order valence-electron chi connectivity index (χ1n) is 7.58. The second-order valence-electron chi connectivity index (χ2n) is 5.37. The average Bonchev–Trinajstić information content (AvgIpc) is 2.99. The van der Waals surface area contributed by atoms with E-state index in [9.17, 15) is 9.18 Å². The summed E-state index contributed by atoms with van der Waals surface area (Å²) in [5.41, 5.74) is 3.80. The van der Waals surface area contributed by atoms with Crippen molar-refractivity contribution in [1.82, 2.24) is 15.2 Å². The van der Waals surface area contributed by atoms with Gasteiger partial charge in [-0.2, -0.15) is 10.2 Å². The number of amides is 1. The van der Waals surface area contributed by atoms with Gasteiger partial charge in [0, 0.05) is 16.8 Å². The van der Waals surface area contributed by atoms with Crippen molar-refractivity contribution in [3.63, 3.8) is 0 Å². The summed E-state index contributed by atoms with van der Waals surface area (Å²) in [6.07, 6.45) is 2.94. The lowest BCUT2D eigenvalue weighted by atomic mass is 10.2. The summed E-state index contributed by atoms with van der Waals surface area (Å²) in [7, 11) is 0. The first kappa shape index (κ1) is 18.3. The van der Waals surface area contributed by atoms with Gasteiger partial charge in [0.15, 0.2) is 5.69 Å². The van der Waals surface area contributed by atoms with Gasteiger partial charge >= 0.3 is 0 Å². The van der Waals surface area contributed by atoms with Gasteiger partial charge in [0.05, 0.1) is 17.2 Å². The van der Waals surface area contributed by atoms with E-state index in [0.29, 0.717) is 16.0 Å². The Morgan fingerprint density at radius 1 is 1.27 bits per heavy atom. The van der Waals surface area contributed by atoms with Gasteiger partial charge in [0.1, 0.15) is 5.82 Å². The minimum atomic E-state index is -0.501. The van der Waals surface area contributed by atoms with Crippen molar-refractivity contribution in [2.45, 2.75) is 6.54 Å². The van der Waals surface area contributed by atoms with Gasteiger partial charge in [-0.05, 0) is 39.7 Å². The first-order chi connectivity index (χ1) is 12.5. The summed E-state index contributed by atoms with van der Waals surface area (Å²) in [6, 6.07) is 13.5. The van der Waals surface area contributed by atoms with Gasteiger partial charge in [-0.1, -0.05) is 41.9 Å². The molecule has 5 nitrogen and oxygen atoms in total. The van der Waals surface area contributed by atoms with Crippen LogP contribution in [-0.4, -0.2) is 21.9 Å². The first-order valence-corrected chi connectivity index (χ1v) is 8.75. The fourth-order valence-corrected chi connectivity index (χ4v) is 2.82. The van der Waals surface area contributed by atoms with Crippen molar-refractivity contribution in [2.75, 3.05) is 0 Å². The Bertz CT molecular complexity index is 956. The molecule has 8 heteroatoms. The predicted molar refractivity (Wildman–Crippen MR) is 102 cm³/mol. The summed E-state index contributed by atoms with van der Waals surface area (Å²) in [5, 5.41) is 8.68. The number of hydrazone groups is 1. The maximum Gasteiger partial charge on any atom is 0.293 e. The number of carbonyl (C=O) groups is 1. The molecule has 0 atom stereocenters. The van der Waals surface area contributed by atoms with Gasteiger partial charge < -0.3 is 0 Å². The molecular formula is C18H13BrClFN4O. The minimum Gasteiger partial charge on any atom is -0.266 e. The molecule has 1 amide bonds. The van der Waals surface area contributed by atoms with E-state index in [0.717, 1.165) is 5.56 Å². The summed E-state index contributed by atoms with van der Waals surface area (Å²) in [5.74, 6) is -0.918. The lowest BCUT2D eigenvalue weighted by molar-refractivity contribution is 0.0948. The van der Waals surface area contributed by atoms with Crippen LogP contribution in [0.3, 0.4) is 0 Å². The number of aromatic nitrogens is 2. The molecule has 26 heavy (non-hydrogen) atoms. The highest BCUT2D eigenvalue weighted by atomic mass is 79.9. The van der Waals surface area contributed by atoms with Gasteiger partial charge in [-0.25, -0.2) is 9.82 Å². The van der Waals surface area contributed by atoms with Gasteiger partial charge in [-0.3, -0.25) is 9.48 Å². The summed E-state index contributed by atoms with van der Waals surface area (Å²) < 4.78 is 15.7. The van der Waals surface area contributed by atoms with Crippen LogP contribution >= 0.6 is 27.5 Å². The number of nitrogens with zero attached hydrogens (tertiary/aromatic N) is 3. The molecule has 0 aliphatic carbocycles. The maximum atomic E-state index is 13.5. The fourth-order valence-electron chi connectivity index (χ4n) is 2.20. The highest BCUT2D eigenvalue weighted by Gasteiger charge is 2.15. The van der Waals surface area contributed by atoms with Crippen molar-refractivity contribution in [3.05, 3.63) is 86.9 Å². The van der Waals surface area contributed by atoms with Crippen LogP contribution in [-0.2, 0) is 6.54 Å². The quantitative estimate of drug-likeness (QED) is 0.481. The number of benzene rings is 2. The van der Waals surface area contributed by atoms with Crippen molar-refractivity contribution in [1.29, 1.82) is 0 Å². The number of hydrogen-bond donors (Lipinski definition) is 1. The Balaban J connectivity index is 1.67. The van der Waals surface area contributed by atoms with Crippen LogP contribution in [0, 0.1) is 5.82 Å². The van der Waals surface area contributed by atoms with Crippen LogP contribution < -0.4 is 5.43 Å². The van der Waals surface area contributed by atoms with E-state index < -0.39 is 11.7 Å². The molecule has 1 heterocycles. The Hall–Kier alpha value is -2.51. The monoisotopic (exact) mass is 434 g/mol. The fraction of sp³-hybridized carbons (Fsp3) is 0.0556. The Labute approximate surface area is 162 Å². The Morgan fingerprint density at radius 2 is 2.00 bits per heavy atom. The lowest BCUT2D eigenvalue weighted by Crippen LogP contribution is -2.19. The molecule has 0 aliphatic rings. The molecule has 0 unspecified atom stereocenters. The van der Waals surface area contributed by atoms with Crippen LogP contribution in [0.15, 0.2) is 64.3 Å². The number of carbonyl (C=O) groups excluding carboxylic acids is 1. The van der Waals surface area contributed by atoms with Crippen molar-refractivity contribution >= 4 is 39.7 Å². The third-order valence-electron chi connectivity index (χ3n) is 3.46. The largest absolute Gasteiger partial charge is 0.293 e. The molecule has 0 bridgehead atoms. The summed E-state index contributed by atoms with van der Waals surface area (Å²) in [4.78, 5) is 12.2. The zero-order valence-corrected chi connectivity index (χ0v) is 15.7. The molecular weight excluding hydrogens is 423 g/mol.